The largest absolute Gasteiger partial charge is 0.364 e. The van der Waals surface area contributed by atoms with E-state index >= 15 is 0 Å². The maximum Gasteiger partial charge on any atom is 0.269 e. The molecule has 0 spiro atoms. The Balaban J connectivity index is 1.75. The van der Waals surface area contributed by atoms with E-state index in [4.69, 9.17) is 0 Å². The van der Waals surface area contributed by atoms with E-state index in [0.29, 0.717) is 0 Å². The van der Waals surface area contributed by atoms with Gasteiger partial charge in [0.2, 0.25) is 0 Å². The van der Waals surface area contributed by atoms with Gasteiger partial charge in [0.15, 0.2) is 0 Å². The third-order valence-electron chi connectivity index (χ3n) is 2.72. The molecule has 0 fully saturated rings. The summed E-state index contributed by atoms with van der Waals surface area (Å²) < 4.78 is 0. The van der Waals surface area contributed by atoms with Gasteiger partial charge in [-0.05, 0) is 30.7 Å². The number of nitro benzene ring substituents is 1. The van der Waals surface area contributed by atoms with Crippen molar-refractivity contribution < 1.29 is 4.92 Å². The minimum Gasteiger partial charge on any atom is -0.364 e. The van der Waals surface area contributed by atoms with Crippen molar-refractivity contribution in [1.82, 2.24) is 10.3 Å². The lowest BCUT2D eigenvalue weighted by Crippen LogP contribution is -2.16. The number of non-ortho nitro benzene ring substituents is 1. The average molecular weight is 245 g/mol. The van der Waals surface area contributed by atoms with Crippen molar-refractivity contribution in [2.75, 3.05) is 6.54 Å². The van der Waals surface area contributed by atoms with Crippen LogP contribution >= 0.6 is 0 Å². The summed E-state index contributed by atoms with van der Waals surface area (Å²) in [6.07, 6.45) is 2.76. The Morgan fingerprint density at radius 1 is 1.22 bits per heavy atom. The van der Waals surface area contributed by atoms with Crippen LogP contribution in [0.2, 0.25) is 0 Å². The van der Waals surface area contributed by atoms with Gasteiger partial charge in [-0.3, -0.25) is 10.1 Å². The first-order valence-corrected chi connectivity index (χ1v) is 5.82. The van der Waals surface area contributed by atoms with Crippen LogP contribution in [0, 0.1) is 10.1 Å². The van der Waals surface area contributed by atoms with Gasteiger partial charge < -0.3 is 10.3 Å². The molecule has 2 rings (SSSR count). The lowest BCUT2D eigenvalue weighted by atomic mass is 10.1. The highest BCUT2D eigenvalue weighted by Crippen LogP contribution is 2.11. The van der Waals surface area contributed by atoms with E-state index in [1.807, 2.05) is 18.3 Å². The fourth-order valence-electron chi connectivity index (χ4n) is 1.72. The molecule has 0 amide bonds. The number of nitrogens with one attached hydrogen (secondary N) is 2. The number of aromatic amines is 1. The molecular formula is C13H15N3O2. The normalized spacial score (nSPS) is 10.4. The topological polar surface area (TPSA) is 71.0 Å². The fourth-order valence-corrected chi connectivity index (χ4v) is 1.72. The molecule has 5 nitrogen and oxygen atoms in total. The minimum atomic E-state index is -0.382. The first-order chi connectivity index (χ1) is 8.75. The van der Waals surface area contributed by atoms with E-state index in [2.05, 4.69) is 10.3 Å². The highest BCUT2D eigenvalue weighted by atomic mass is 16.6. The molecule has 0 aliphatic rings. The Morgan fingerprint density at radius 2 is 2.00 bits per heavy atom. The van der Waals surface area contributed by atoms with Crippen LogP contribution in [0.4, 0.5) is 5.69 Å². The van der Waals surface area contributed by atoms with Gasteiger partial charge in [-0.2, -0.15) is 0 Å². The van der Waals surface area contributed by atoms with Gasteiger partial charge in [-0.25, -0.2) is 0 Å². The number of hydrogen-bond acceptors (Lipinski definition) is 3. The molecule has 5 heteroatoms. The smallest absolute Gasteiger partial charge is 0.269 e. The summed E-state index contributed by atoms with van der Waals surface area (Å²) in [5.74, 6) is 0. The summed E-state index contributed by atoms with van der Waals surface area (Å²) in [6.45, 7) is 1.65. The Kier molecular flexibility index (Phi) is 4.09. The standard InChI is InChI=1S/C13H15N3O2/c17-16(18)13-5-3-11(4-6-13)7-9-14-10-12-2-1-8-15-12/h1-6,8,14-15H,7,9-10H2. The molecule has 0 aliphatic heterocycles. The van der Waals surface area contributed by atoms with Gasteiger partial charge in [0.25, 0.3) is 5.69 Å². The van der Waals surface area contributed by atoms with Crippen molar-refractivity contribution in [2.24, 2.45) is 0 Å². The van der Waals surface area contributed by atoms with Crippen LogP contribution in [-0.2, 0) is 13.0 Å². The SMILES string of the molecule is O=[N+]([O-])c1ccc(CCNCc2ccc[nH]2)cc1. The van der Waals surface area contributed by atoms with Crippen LogP contribution in [-0.4, -0.2) is 16.5 Å². The lowest BCUT2D eigenvalue weighted by molar-refractivity contribution is -0.384. The van der Waals surface area contributed by atoms with E-state index in [-0.39, 0.29) is 10.6 Å². The molecule has 0 aliphatic carbocycles. The van der Waals surface area contributed by atoms with Crippen molar-refractivity contribution >= 4 is 5.69 Å². The summed E-state index contributed by atoms with van der Waals surface area (Å²) in [5, 5.41) is 13.8. The molecule has 94 valence electrons. The van der Waals surface area contributed by atoms with Crippen molar-refractivity contribution in [1.29, 1.82) is 0 Å². The molecule has 18 heavy (non-hydrogen) atoms. The molecule has 1 aromatic heterocycles. The zero-order valence-corrected chi connectivity index (χ0v) is 9.93. The van der Waals surface area contributed by atoms with E-state index in [1.54, 1.807) is 24.3 Å². The van der Waals surface area contributed by atoms with Gasteiger partial charge in [-0.1, -0.05) is 12.1 Å². The summed E-state index contributed by atoms with van der Waals surface area (Å²) in [4.78, 5) is 13.2. The second kappa shape index (κ2) is 5.97. The highest BCUT2D eigenvalue weighted by Gasteiger charge is 2.03. The van der Waals surface area contributed by atoms with Gasteiger partial charge in [0.05, 0.1) is 4.92 Å². The maximum atomic E-state index is 10.5. The molecule has 0 unspecified atom stereocenters. The number of nitro groups is 1. The van der Waals surface area contributed by atoms with E-state index in [0.717, 1.165) is 30.8 Å². The molecule has 0 bridgehead atoms. The summed E-state index contributed by atoms with van der Waals surface area (Å²) in [5.41, 5.74) is 2.39. The minimum absolute atomic E-state index is 0.137. The molecule has 1 aromatic carbocycles. The second-order valence-corrected chi connectivity index (χ2v) is 4.05. The van der Waals surface area contributed by atoms with E-state index in [9.17, 15) is 10.1 Å². The van der Waals surface area contributed by atoms with Crippen molar-refractivity contribution in [3.05, 3.63) is 64.0 Å². The number of nitrogens with zero attached hydrogens (tertiary/aromatic N) is 1. The van der Waals surface area contributed by atoms with Gasteiger partial charge in [0.1, 0.15) is 0 Å². The Bertz CT molecular complexity index is 491. The van der Waals surface area contributed by atoms with Crippen molar-refractivity contribution in [3.8, 4) is 0 Å². The Labute approximate surface area is 105 Å². The molecular weight excluding hydrogens is 230 g/mol. The Morgan fingerprint density at radius 3 is 2.61 bits per heavy atom. The molecule has 0 radical (unpaired) electrons. The van der Waals surface area contributed by atoms with Gasteiger partial charge in [0, 0.05) is 30.6 Å². The van der Waals surface area contributed by atoms with Crippen LogP contribution in [0.1, 0.15) is 11.3 Å². The zero-order valence-electron chi connectivity index (χ0n) is 9.93. The van der Waals surface area contributed by atoms with Crippen LogP contribution < -0.4 is 5.32 Å². The monoisotopic (exact) mass is 245 g/mol. The van der Waals surface area contributed by atoms with E-state index < -0.39 is 0 Å². The molecule has 0 saturated carbocycles. The first-order valence-electron chi connectivity index (χ1n) is 5.82. The van der Waals surface area contributed by atoms with Crippen LogP contribution in [0.3, 0.4) is 0 Å². The number of H-pyrrole nitrogens is 1. The third kappa shape index (κ3) is 3.43. The number of aromatic nitrogens is 1. The molecule has 1 heterocycles. The lowest BCUT2D eigenvalue weighted by Gasteiger charge is -2.03. The van der Waals surface area contributed by atoms with E-state index in [1.165, 1.54) is 0 Å². The highest BCUT2D eigenvalue weighted by molar-refractivity contribution is 5.32. The van der Waals surface area contributed by atoms with Crippen LogP contribution in [0.5, 0.6) is 0 Å². The third-order valence-corrected chi connectivity index (χ3v) is 2.72. The predicted octanol–water partition coefficient (Wildman–Crippen LogP) is 2.26. The average Bonchev–Trinajstić information content (AvgIpc) is 2.88. The maximum absolute atomic E-state index is 10.5. The number of benzene rings is 1. The first kappa shape index (κ1) is 12.3. The van der Waals surface area contributed by atoms with Crippen molar-refractivity contribution in [3.63, 3.8) is 0 Å². The molecule has 2 aromatic rings. The van der Waals surface area contributed by atoms with Gasteiger partial charge in [-0.15, -0.1) is 0 Å². The Hall–Kier alpha value is -2.14. The number of hydrogen-bond donors (Lipinski definition) is 2. The predicted molar refractivity (Wildman–Crippen MR) is 69.3 cm³/mol. The summed E-state index contributed by atoms with van der Waals surface area (Å²) in [7, 11) is 0. The summed E-state index contributed by atoms with van der Waals surface area (Å²) >= 11 is 0. The molecule has 0 atom stereocenters. The van der Waals surface area contributed by atoms with Gasteiger partial charge >= 0.3 is 0 Å². The molecule has 0 saturated heterocycles. The van der Waals surface area contributed by atoms with Crippen LogP contribution in [0.25, 0.3) is 0 Å². The fraction of sp³-hybridized carbons (Fsp3) is 0.231. The van der Waals surface area contributed by atoms with Crippen molar-refractivity contribution in [2.45, 2.75) is 13.0 Å². The zero-order chi connectivity index (χ0) is 12.8. The number of rotatable bonds is 6. The summed E-state index contributed by atoms with van der Waals surface area (Å²) in [6, 6.07) is 10.7. The molecule has 2 N–H and O–H groups in total. The van der Waals surface area contributed by atoms with Crippen LogP contribution in [0.15, 0.2) is 42.6 Å². The quantitative estimate of drug-likeness (QED) is 0.466. The second-order valence-electron chi connectivity index (χ2n) is 4.05.